The minimum Gasteiger partial charge on any atom is -0.339 e. The summed E-state index contributed by atoms with van der Waals surface area (Å²) in [5.41, 5.74) is 3.38. The number of aromatic nitrogens is 2. The third-order valence-electron chi connectivity index (χ3n) is 6.49. The number of imidazole rings is 1. The van der Waals surface area contributed by atoms with Crippen molar-refractivity contribution in [2.45, 2.75) is 45.7 Å². The van der Waals surface area contributed by atoms with Gasteiger partial charge in [-0.3, -0.25) is 9.59 Å². The molecule has 6 nitrogen and oxygen atoms in total. The molecule has 0 unspecified atom stereocenters. The third kappa shape index (κ3) is 5.33. The maximum atomic E-state index is 13.2. The van der Waals surface area contributed by atoms with Gasteiger partial charge in [-0.2, -0.15) is 0 Å². The molecule has 2 aromatic carbocycles. The molecular weight excluding hydrogens is 412 g/mol. The molecule has 1 atom stereocenters. The molecule has 0 N–H and O–H groups in total. The van der Waals surface area contributed by atoms with E-state index in [4.69, 9.17) is 0 Å². The normalized spacial score (nSPS) is 16.3. The number of aryl methyl sites for hydroxylation is 2. The lowest BCUT2D eigenvalue weighted by atomic mass is 9.98. The summed E-state index contributed by atoms with van der Waals surface area (Å²) in [4.78, 5) is 34.2. The molecule has 3 aromatic rings. The Morgan fingerprint density at radius 2 is 1.76 bits per heavy atom. The molecule has 0 radical (unpaired) electrons. The van der Waals surface area contributed by atoms with Crippen LogP contribution >= 0.6 is 0 Å². The van der Waals surface area contributed by atoms with Crippen LogP contribution in [0.1, 0.15) is 31.2 Å². The van der Waals surface area contributed by atoms with Crippen molar-refractivity contribution in [3.8, 4) is 11.1 Å². The molecule has 0 bridgehead atoms. The fraction of sp³-hybridized carbons (Fsp3) is 0.370. The Morgan fingerprint density at radius 1 is 1.03 bits per heavy atom. The highest BCUT2D eigenvalue weighted by molar-refractivity contribution is 5.89. The van der Waals surface area contributed by atoms with E-state index < -0.39 is 6.04 Å². The maximum Gasteiger partial charge on any atom is 0.245 e. The van der Waals surface area contributed by atoms with Crippen LogP contribution in [0.4, 0.5) is 0 Å². The summed E-state index contributed by atoms with van der Waals surface area (Å²) in [7, 11) is 0. The number of carbonyl (C=O) groups excluding carboxylic acids is 2. The minimum atomic E-state index is -0.441. The van der Waals surface area contributed by atoms with Crippen LogP contribution in [0.25, 0.3) is 11.1 Å². The zero-order chi connectivity index (χ0) is 23.2. The van der Waals surface area contributed by atoms with E-state index in [0.29, 0.717) is 32.5 Å². The standard InChI is InChI=1S/C27H32N4O2/c1-3-29-18-19-31(26(32)10-7-16-30-17-15-28-21(30)2)25(27(29)33)20-22-11-13-24(14-12-22)23-8-5-4-6-9-23/h4-6,8-9,11-15,17,25H,3,7,10,16,18-20H2,1-2H3/t25-/m1/s1. The lowest BCUT2D eigenvalue weighted by Crippen LogP contribution is -2.59. The predicted molar refractivity (Wildman–Crippen MR) is 130 cm³/mol. The highest BCUT2D eigenvalue weighted by Gasteiger charge is 2.36. The molecule has 1 aliphatic rings. The number of rotatable bonds is 8. The number of carbonyl (C=O) groups is 2. The average Bonchev–Trinajstić information content (AvgIpc) is 3.25. The van der Waals surface area contributed by atoms with Crippen LogP contribution in [0.3, 0.4) is 0 Å². The lowest BCUT2D eigenvalue weighted by Gasteiger charge is -2.40. The van der Waals surface area contributed by atoms with E-state index in [-0.39, 0.29) is 11.8 Å². The zero-order valence-corrected chi connectivity index (χ0v) is 19.5. The van der Waals surface area contributed by atoms with Crippen molar-refractivity contribution >= 4 is 11.8 Å². The summed E-state index contributed by atoms with van der Waals surface area (Å²) in [5, 5.41) is 0. The van der Waals surface area contributed by atoms with Gasteiger partial charge in [0, 0.05) is 51.4 Å². The first kappa shape index (κ1) is 22.8. The molecule has 4 rings (SSSR count). The molecule has 1 fully saturated rings. The molecule has 0 saturated carbocycles. The van der Waals surface area contributed by atoms with Gasteiger partial charge >= 0.3 is 0 Å². The van der Waals surface area contributed by atoms with Gasteiger partial charge in [0.2, 0.25) is 11.8 Å². The third-order valence-corrected chi connectivity index (χ3v) is 6.49. The van der Waals surface area contributed by atoms with E-state index >= 15 is 0 Å². The highest BCUT2D eigenvalue weighted by atomic mass is 16.2. The summed E-state index contributed by atoms with van der Waals surface area (Å²) in [6.07, 6.45) is 5.41. The summed E-state index contributed by atoms with van der Waals surface area (Å²) in [5.74, 6) is 1.06. The van der Waals surface area contributed by atoms with Gasteiger partial charge in [-0.1, -0.05) is 54.6 Å². The van der Waals surface area contributed by atoms with E-state index in [9.17, 15) is 9.59 Å². The first-order valence-electron chi connectivity index (χ1n) is 11.8. The van der Waals surface area contributed by atoms with Crippen molar-refractivity contribution in [3.63, 3.8) is 0 Å². The van der Waals surface area contributed by atoms with E-state index in [2.05, 4.69) is 45.9 Å². The van der Waals surface area contributed by atoms with Gasteiger partial charge < -0.3 is 14.4 Å². The van der Waals surface area contributed by atoms with Crippen LogP contribution in [0, 0.1) is 6.92 Å². The molecule has 1 saturated heterocycles. The Morgan fingerprint density at radius 3 is 2.42 bits per heavy atom. The van der Waals surface area contributed by atoms with Crippen LogP contribution in [0.15, 0.2) is 67.0 Å². The molecule has 33 heavy (non-hydrogen) atoms. The van der Waals surface area contributed by atoms with Gasteiger partial charge in [0.05, 0.1) is 0 Å². The fourth-order valence-corrected chi connectivity index (χ4v) is 4.52. The number of hydrogen-bond donors (Lipinski definition) is 0. The van der Waals surface area contributed by atoms with Crippen LogP contribution in [-0.4, -0.2) is 56.8 Å². The zero-order valence-electron chi connectivity index (χ0n) is 19.5. The number of likely N-dealkylation sites (N-methyl/N-ethyl adjacent to an activating group) is 1. The minimum absolute atomic E-state index is 0.0506. The van der Waals surface area contributed by atoms with E-state index in [1.807, 2.05) is 43.1 Å². The lowest BCUT2D eigenvalue weighted by molar-refractivity contribution is -0.151. The first-order chi connectivity index (χ1) is 16.1. The second-order valence-corrected chi connectivity index (χ2v) is 8.56. The molecular formula is C27H32N4O2. The van der Waals surface area contributed by atoms with Crippen molar-refractivity contribution in [1.82, 2.24) is 19.4 Å². The van der Waals surface area contributed by atoms with Gasteiger partial charge in [0.25, 0.3) is 0 Å². The largest absolute Gasteiger partial charge is 0.339 e. The van der Waals surface area contributed by atoms with Crippen LogP contribution in [0.5, 0.6) is 0 Å². The molecule has 2 amide bonds. The van der Waals surface area contributed by atoms with Crippen molar-refractivity contribution < 1.29 is 9.59 Å². The highest BCUT2D eigenvalue weighted by Crippen LogP contribution is 2.22. The average molecular weight is 445 g/mol. The van der Waals surface area contributed by atoms with Gasteiger partial charge in [-0.25, -0.2) is 4.98 Å². The number of amides is 2. The molecule has 1 aromatic heterocycles. The van der Waals surface area contributed by atoms with Gasteiger partial charge in [-0.15, -0.1) is 0 Å². The Balaban J connectivity index is 1.44. The van der Waals surface area contributed by atoms with E-state index in [0.717, 1.165) is 29.9 Å². The number of nitrogens with zero attached hydrogens (tertiary/aromatic N) is 4. The Hall–Kier alpha value is -3.41. The Labute approximate surface area is 195 Å². The molecule has 2 heterocycles. The molecule has 0 aliphatic carbocycles. The second-order valence-electron chi connectivity index (χ2n) is 8.56. The van der Waals surface area contributed by atoms with Gasteiger partial charge in [-0.05, 0) is 37.0 Å². The Kier molecular flexibility index (Phi) is 7.23. The summed E-state index contributed by atoms with van der Waals surface area (Å²) in [6, 6.07) is 18.1. The SMILES string of the molecule is CCN1CCN(C(=O)CCCn2ccnc2C)[C@H](Cc2ccc(-c3ccccc3)cc2)C1=O. The number of benzene rings is 2. The van der Waals surface area contributed by atoms with Crippen LogP contribution < -0.4 is 0 Å². The monoisotopic (exact) mass is 444 g/mol. The second kappa shape index (κ2) is 10.5. The molecule has 6 heteroatoms. The van der Waals surface area contributed by atoms with Crippen LogP contribution in [0.2, 0.25) is 0 Å². The van der Waals surface area contributed by atoms with Crippen molar-refractivity contribution in [2.24, 2.45) is 0 Å². The first-order valence-corrected chi connectivity index (χ1v) is 11.8. The summed E-state index contributed by atoms with van der Waals surface area (Å²) in [6.45, 7) is 6.58. The predicted octanol–water partition coefficient (Wildman–Crippen LogP) is 3.94. The molecule has 172 valence electrons. The quantitative estimate of drug-likeness (QED) is 0.529. The topological polar surface area (TPSA) is 58.4 Å². The van der Waals surface area contributed by atoms with E-state index in [1.54, 1.807) is 11.1 Å². The molecule has 0 spiro atoms. The van der Waals surface area contributed by atoms with Crippen molar-refractivity contribution in [1.29, 1.82) is 0 Å². The van der Waals surface area contributed by atoms with E-state index in [1.165, 1.54) is 5.56 Å². The summed E-state index contributed by atoms with van der Waals surface area (Å²) < 4.78 is 2.05. The van der Waals surface area contributed by atoms with Gasteiger partial charge in [0.15, 0.2) is 0 Å². The number of hydrogen-bond acceptors (Lipinski definition) is 3. The van der Waals surface area contributed by atoms with Gasteiger partial charge in [0.1, 0.15) is 11.9 Å². The molecule has 1 aliphatic heterocycles. The van der Waals surface area contributed by atoms with Crippen molar-refractivity contribution in [2.75, 3.05) is 19.6 Å². The van der Waals surface area contributed by atoms with Crippen LogP contribution in [-0.2, 0) is 22.6 Å². The smallest absolute Gasteiger partial charge is 0.245 e. The fourth-order valence-electron chi connectivity index (χ4n) is 4.52. The maximum absolute atomic E-state index is 13.2. The number of piperazine rings is 1. The summed E-state index contributed by atoms with van der Waals surface area (Å²) >= 11 is 0. The van der Waals surface area contributed by atoms with Crippen molar-refractivity contribution in [3.05, 3.63) is 78.4 Å². The Bertz CT molecular complexity index is 1080.